The number of nitrogens with zero attached hydrogens (tertiary/aromatic N) is 1. The van der Waals surface area contributed by atoms with Crippen molar-refractivity contribution in [2.24, 2.45) is 5.73 Å². The number of ether oxygens (including phenoxy) is 3. The number of phenols is 1. The summed E-state index contributed by atoms with van der Waals surface area (Å²) in [6, 6.07) is 35.7. The van der Waals surface area contributed by atoms with E-state index in [0.717, 1.165) is 54.5 Å². The largest absolute Gasteiger partial charge is 0.508 e. The summed E-state index contributed by atoms with van der Waals surface area (Å²) in [6.45, 7) is 6.78. The van der Waals surface area contributed by atoms with Gasteiger partial charge in [-0.2, -0.15) is 0 Å². The summed E-state index contributed by atoms with van der Waals surface area (Å²) < 4.78 is 17.7. The number of aliphatic hydroxyl groups excluding tert-OH is 1. The van der Waals surface area contributed by atoms with Crippen LogP contribution in [0.4, 0.5) is 5.69 Å². The molecule has 4 atom stereocenters. The van der Waals surface area contributed by atoms with E-state index in [1.807, 2.05) is 42.5 Å². The van der Waals surface area contributed by atoms with E-state index < -0.39 is 29.7 Å². The van der Waals surface area contributed by atoms with Gasteiger partial charge in [-0.15, -0.1) is 0 Å². The molecule has 1 aliphatic heterocycles. The van der Waals surface area contributed by atoms with Gasteiger partial charge in [0.1, 0.15) is 29.1 Å². The van der Waals surface area contributed by atoms with Crippen molar-refractivity contribution in [1.82, 2.24) is 4.90 Å². The van der Waals surface area contributed by atoms with Gasteiger partial charge in [0.05, 0.1) is 24.9 Å². The van der Waals surface area contributed by atoms with Gasteiger partial charge in [-0.05, 0) is 152 Å². The van der Waals surface area contributed by atoms with Gasteiger partial charge in [0.25, 0.3) is 0 Å². The van der Waals surface area contributed by atoms with E-state index in [0.29, 0.717) is 48.4 Å². The van der Waals surface area contributed by atoms with E-state index >= 15 is 0 Å². The number of benzene rings is 5. The summed E-state index contributed by atoms with van der Waals surface area (Å²) in [7, 11) is 0. The monoisotopic (exact) mass is 811 g/mol. The number of hydrogen-bond donors (Lipinski definition) is 4. The first-order chi connectivity index (χ1) is 28.8. The molecule has 0 aromatic heterocycles. The van der Waals surface area contributed by atoms with Crippen molar-refractivity contribution in [3.8, 4) is 28.4 Å². The maximum absolute atomic E-state index is 12.5. The number of nitrogens with two attached hydrogens (primary N) is 2. The smallest absolute Gasteiger partial charge is 0.306 e. The van der Waals surface area contributed by atoms with E-state index in [9.17, 15) is 19.8 Å². The Labute approximate surface area is 353 Å². The molecule has 1 heterocycles. The number of carbonyl (C=O) groups is 2. The predicted molar refractivity (Wildman–Crippen MR) is 234 cm³/mol. The molecule has 10 nitrogen and oxygen atoms in total. The van der Waals surface area contributed by atoms with Crippen molar-refractivity contribution in [3.05, 3.63) is 143 Å². The lowest BCUT2D eigenvalue weighted by Gasteiger charge is -2.34. The van der Waals surface area contributed by atoms with E-state index in [1.165, 1.54) is 22.3 Å². The fourth-order valence-electron chi connectivity index (χ4n) is 8.68. The first-order valence-electron chi connectivity index (χ1n) is 21.0. The van der Waals surface area contributed by atoms with Crippen LogP contribution in [0.1, 0.15) is 111 Å². The zero-order valence-corrected chi connectivity index (χ0v) is 34.8. The Balaban J connectivity index is 0.891. The van der Waals surface area contributed by atoms with Crippen LogP contribution in [0.3, 0.4) is 0 Å². The van der Waals surface area contributed by atoms with E-state index in [1.54, 1.807) is 31.7 Å². The molecule has 0 bridgehead atoms. The molecule has 10 heteroatoms. The number of aliphatic hydroxyl groups is 1. The average Bonchev–Trinajstić information content (AvgIpc) is 3.55. The molecular weight excluding hydrogens is 755 g/mol. The number of unbranched alkanes of at least 4 members (excludes halogenated alkanes) is 2. The molecule has 314 valence electrons. The van der Waals surface area contributed by atoms with Gasteiger partial charge >= 0.3 is 5.97 Å². The van der Waals surface area contributed by atoms with Gasteiger partial charge in [0, 0.05) is 18.9 Å². The summed E-state index contributed by atoms with van der Waals surface area (Å²) in [6.07, 6.45) is 3.73. The number of anilines is 1. The number of fused-ring (bicyclic) bond motifs is 2. The minimum absolute atomic E-state index is 0.00795. The summed E-state index contributed by atoms with van der Waals surface area (Å²) in [5.74, 6) is 1.29. The van der Waals surface area contributed by atoms with Gasteiger partial charge in [0.2, 0.25) is 5.91 Å². The second-order valence-corrected chi connectivity index (χ2v) is 17.0. The van der Waals surface area contributed by atoms with Gasteiger partial charge in [-0.1, -0.05) is 66.7 Å². The van der Waals surface area contributed by atoms with Crippen LogP contribution in [0.25, 0.3) is 11.1 Å². The Morgan fingerprint density at radius 3 is 2.23 bits per heavy atom. The summed E-state index contributed by atoms with van der Waals surface area (Å²) in [5.41, 5.74) is 20.5. The standard InChI is InChI=1S/C50H57N3O7/c1-50(2,3)60-46(55)25-24-44(48(52)56)53-31-37-28-34(14-21-42(37)49(53)57)35-16-23-43(51)45(30-35)59-27-9-5-8-26-58-39-18-12-33(13-19-39)47-40(32-10-6-4-7-11-32)20-15-36-29-38(54)17-22-41(36)47/h4,6-7,10-14,16-19,21-23,28-30,40,44,47,49,54,57H,5,8-9,15,20,24-27,31,51H2,1-3H3,(H2,52,56)/t40-,44+,47?,49?/m1/s1. The highest BCUT2D eigenvalue weighted by molar-refractivity contribution is 5.81. The van der Waals surface area contributed by atoms with Crippen LogP contribution in [-0.2, 0) is 27.3 Å². The third-order valence-electron chi connectivity index (χ3n) is 11.6. The summed E-state index contributed by atoms with van der Waals surface area (Å²) in [5, 5.41) is 21.3. The van der Waals surface area contributed by atoms with Crippen LogP contribution >= 0.6 is 0 Å². The molecule has 0 fully saturated rings. The first kappa shape index (κ1) is 42.3. The Morgan fingerprint density at radius 2 is 1.50 bits per heavy atom. The van der Waals surface area contributed by atoms with Crippen LogP contribution < -0.4 is 20.9 Å². The summed E-state index contributed by atoms with van der Waals surface area (Å²) in [4.78, 5) is 26.5. The third kappa shape index (κ3) is 10.1. The maximum atomic E-state index is 12.5. The zero-order valence-electron chi connectivity index (χ0n) is 34.8. The Bertz CT molecular complexity index is 2270. The van der Waals surface area contributed by atoms with E-state index in [4.69, 9.17) is 25.7 Å². The molecule has 60 heavy (non-hydrogen) atoms. The molecular formula is C50H57N3O7. The minimum Gasteiger partial charge on any atom is -0.508 e. The molecule has 1 aliphatic carbocycles. The fourth-order valence-corrected chi connectivity index (χ4v) is 8.68. The molecule has 1 amide bonds. The lowest BCUT2D eigenvalue weighted by Crippen LogP contribution is -2.44. The fraction of sp³-hybridized carbons (Fsp3) is 0.360. The van der Waals surface area contributed by atoms with Crippen molar-refractivity contribution in [1.29, 1.82) is 0 Å². The van der Waals surface area contributed by atoms with Crippen molar-refractivity contribution in [2.45, 2.75) is 102 Å². The number of nitrogen functional groups attached to an aromatic ring is 1. The highest BCUT2D eigenvalue weighted by Crippen LogP contribution is 2.47. The Kier molecular flexibility index (Phi) is 13.1. The number of aryl methyl sites for hydroxylation is 1. The molecule has 0 radical (unpaired) electrons. The van der Waals surface area contributed by atoms with Crippen molar-refractivity contribution < 1.29 is 34.0 Å². The van der Waals surface area contributed by atoms with Gasteiger partial charge in [-0.3, -0.25) is 14.5 Å². The quantitative estimate of drug-likeness (QED) is 0.0434. The van der Waals surface area contributed by atoms with E-state index in [-0.39, 0.29) is 18.8 Å². The van der Waals surface area contributed by atoms with Crippen LogP contribution in [0.15, 0.2) is 109 Å². The number of carbonyl (C=O) groups excluding carboxylic acids is 2. The molecule has 7 rings (SSSR count). The predicted octanol–water partition coefficient (Wildman–Crippen LogP) is 8.91. The lowest BCUT2D eigenvalue weighted by atomic mass is 9.69. The zero-order chi connectivity index (χ0) is 42.4. The van der Waals surface area contributed by atoms with Crippen molar-refractivity contribution >= 4 is 17.6 Å². The number of rotatable bonds is 16. The van der Waals surface area contributed by atoms with Crippen LogP contribution in [0.5, 0.6) is 17.2 Å². The molecule has 6 N–H and O–H groups in total. The minimum atomic E-state index is -1.03. The average molecular weight is 812 g/mol. The second kappa shape index (κ2) is 18.6. The molecule has 5 aromatic carbocycles. The lowest BCUT2D eigenvalue weighted by molar-refractivity contribution is -0.155. The molecule has 0 saturated carbocycles. The topological polar surface area (TPSA) is 158 Å². The van der Waals surface area contributed by atoms with Gasteiger partial charge in [0.15, 0.2) is 0 Å². The number of phenolic OH excluding ortho intramolecular Hbond substituents is 1. The number of amides is 1. The first-order valence-corrected chi connectivity index (χ1v) is 21.0. The van der Waals surface area contributed by atoms with Crippen LogP contribution in [0, 0.1) is 0 Å². The van der Waals surface area contributed by atoms with Crippen LogP contribution in [0.2, 0.25) is 0 Å². The third-order valence-corrected chi connectivity index (χ3v) is 11.6. The summed E-state index contributed by atoms with van der Waals surface area (Å²) >= 11 is 0. The maximum Gasteiger partial charge on any atom is 0.306 e. The molecule has 2 aliphatic rings. The number of hydrogen-bond acceptors (Lipinski definition) is 9. The SMILES string of the molecule is CC(C)(C)OC(=O)CC[C@@H](C(N)=O)N1Cc2cc(-c3ccc(N)c(OCCCCCOc4ccc(C5c6ccc(O)cc6CC[C@@H]5c5ccccc5)cc4)c3)ccc2C1O. The normalized spacial score (nSPS) is 18.0. The Morgan fingerprint density at radius 1 is 0.800 bits per heavy atom. The van der Waals surface area contributed by atoms with E-state index in [2.05, 4.69) is 60.7 Å². The highest BCUT2D eigenvalue weighted by atomic mass is 16.6. The molecule has 0 saturated heterocycles. The Hall–Kier alpha value is -5.84. The van der Waals surface area contributed by atoms with Crippen molar-refractivity contribution in [2.75, 3.05) is 18.9 Å². The highest BCUT2D eigenvalue weighted by Gasteiger charge is 2.37. The van der Waals surface area contributed by atoms with Gasteiger partial charge < -0.3 is 35.9 Å². The molecule has 0 spiro atoms. The number of aromatic hydroxyl groups is 1. The molecule has 2 unspecified atom stereocenters. The number of primary amides is 1. The van der Waals surface area contributed by atoms with Crippen molar-refractivity contribution in [3.63, 3.8) is 0 Å². The molecule has 5 aromatic rings. The number of esters is 1. The second-order valence-electron chi connectivity index (χ2n) is 17.0. The van der Waals surface area contributed by atoms with Crippen LogP contribution in [-0.4, -0.2) is 51.8 Å². The van der Waals surface area contributed by atoms with Gasteiger partial charge in [-0.25, -0.2) is 0 Å².